The summed E-state index contributed by atoms with van der Waals surface area (Å²) in [4.78, 5) is 4.40. The largest absolute Gasteiger partial charge is 0.356 e. The number of hydrogen-bond donors (Lipinski definition) is 1. The van der Waals surface area contributed by atoms with Crippen LogP contribution in [0.2, 0.25) is 0 Å². The van der Waals surface area contributed by atoms with E-state index in [4.69, 9.17) is 0 Å². The van der Waals surface area contributed by atoms with Crippen LogP contribution in [0.4, 0.5) is 5.95 Å². The van der Waals surface area contributed by atoms with Gasteiger partial charge in [0, 0.05) is 25.5 Å². The fourth-order valence-electron chi connectivity index (χ4n) is 1.72. The number of sulfone groups is 1. The van der Waals surface area contributed by atoms with Gasteiger partial charge >= 0.3 is 0 Å². The van der Waals surface area contributed by atoms with Crippen molar-refractivity contribution in [2.75, 3.05) is 23.9 Å². The molecule has 0 bridgehead atoms. The Morgan fingerprint density at radius 2 is 2.11 bits per heavy atom. The number of anilines is 1. The minimum Gasteiger partial charge on any atom is -0.356 e. The quantitative estimate of drug-likeness (QED) is 0.734. The van der Waals surface area contributed by atoms with Crippen LogP contribution in [0.15, 0.2) is 6.20 Å². The van der Waals surface area contributed by atoms with E-state index < -0.39 is 9.84 Å². The molecule has 104 valence electrons. The van der Waals surface area contributed by atoms with Gasteiger partial charge in [0.2, 0.25) is 5.95 Å². The molecule has 0 aliphatic carbocycles. The van der Waals surface area contributed by atoms with E-state index in [2.05, 4.69) is 21.8 Å². The van der Waals surface area contributed by atoms with Gasteiger partial charge in [-0.05, 0) is 19.8 Å². The fourth-order valence-corrected chi connectivity index (χ4v) is 2.39. The lowest BCUT2D eigenvalue weighted by Gasteiger charge is -2.08. The molecule has 1 heterocycles. The lowest BCUT2D eigenvalue weighted by Crippen LogP contribution is -2.12. The third-order valence-corrected chi connectivity index (χ3v) is 3.65. The molecule has 1 N–H and O–H groups in total. The van der Waals surface area contributed by atoms with Gasteiger partial charge in [0.1, 0.15) is 9.84 Å². The highest BCUT2D eigenvalue weighted by atomic mass is 32.2. The maximum atomic E-state index is 11.0. The minimum absolute atomic E-state index is 0.217. The summed E-state index contributed by atoms with van der Waals surface area (Å²) in [5, 5.41) is 3.20. The van der Waals surface area contributed by atoms with Crippen LogP contribution in [0.25, 0.3) is 0 Å². The molecule has 18 heavy (non-hydrogen) atoms. The van der Waals surface area contributed by atoms with E-state index in [9.17, 15) is 8.42 Å². The smallest absolute Gasteiger partial charge is 0.203 e. The van der Waals surface area contributed by atoms with Gasteiger partial charge in [-0.3, -0.25) is 0 Å². The summed E-state index contributed by atoms with van der Waals surface area (Å²) in [5.41, 5.74) is 0.983. The highest BCUT2D eigenvalue weighted by Gasteiger charge is 2.05. The Hall–Kier alpha value is -1.04. The molecule has 1 aromatic rings. The summed E-state index contributed by atoms with van der Waals surface area (Å²) in [7, 11) is -2.86. The summed E-state index contributed by atoms with van der Waals surface area (Å²) in [5.74, 6) is 1.06. The van der Waals surface area contributed by atoms with Crippen molar-refractivity contribution in [2.24, 2.45) is 0 Å². The van der Waals surface area contributed by atoms with Gasteiger partial charge in [-0.2, -0.15) is 0 Å². The molecular weight excluding hydrogens is 250 g/mol. The van der Waals surface area contributed by atoms with Crippen molar-refractivity contribution in [1.82, 2.24) is 9.55 Å². The number of hydrogen-bond acceptors (Lipinski definition) is 4. The number of rotatable bonds is 8. The molecule has 0 saturated carbocycles. The molecule has 6 heteroatoms. The first kappa shape index (κ1) is 15.0. The van der Waals surface area contributed by atoms with Gasteiger partial charge < -0.3 is 9.88 Å². The molecule has 0 atom stereocenters. The Labute approximate surface area is 110 Å². The monoisotopic (exact) mass is 273 g/mol. The maximum absolute atomic E-state index is 11.0. The highest BCUT2D eigenvalue weighted by molar-refractivity contribution is 7.90. The molecule has 0 amide bonds. The summed E-state index contributed by atoms with van der Waals surface area (Å²) >= 11 is 0. The number of aryl methyl sites for hydroxylation is 2. The Kier molecular flexibility index (Phi) is 5.65. The van der Waals surface area contributed by atoms with Crippen LogP contribution in [0.3, 0.4) is 0 Å². The average Bonchev–Trinajstić information content (AvgIpc) is 2.61. The molecule has 1 rings (SSSR count). The van der Waals surface area contributed by atoms with Crippen LogP contribution in [0, 0.1) is 6.92 Å². The summed E-state index contributed by atoms with van der Waals surface area (Å²) < 4.78 is 24.1. The first-order valence-electron chi connectivity index (χ1n) is 6.37. The zero-order valence-electron chi connectivity index (χ0n) is 11.4. The lowest BCUT2D eigenvalue weighted by molar-refractivity contribution is 0.599. The van der Waals surface area contributed by atoms with Crippen LogP contribution in [0.5, 0.6) is 0 Å². The van der Waals surface area contributed by atoms with Gasteiger partial charge in [0.05, 0.1) is 11.4 Å². The normalized spacial score (nSPS) is 11.7. The van der Waals surface area contributed by atoms with E-state index in [1.807, 2.05) is 13.1 Å². The Bertz CT molecular complexity index is 466. The Morgan fingerprint density at radius 3 is 2.72 bits per heavy atom. The number of nitrogens with one attached hydrogen (secondary N) is 1. The molecule has 1 aromatic heterocycles. The molecule has 0 saturated heterocycles. The lowest BCUT2D eigenvalue weighted by atomic mass is 10.3. The SMILES string of the molecule is CCCCn1cc(C)nc1NCCCS(C)(=O)=O. The van der Waals surface area contributed by atoms with Crippen LogP contribution >= 0.6 is 0 Å². The summed E-state index contributed by atoms with van der Waals surface area (Å²) in [6, 6.07) is 0. The van der Waals surface area contributed by atoms with Crippen molar-refractivity contribution in [3.05, 3.63) is 11.9 Å². The standard InChI is InChI=1S/C12H23N3O2S/c1-4-5-8-15-10-11(2)14-12(15)13-7-6-9-18(3,16)17/h10H,4-9H2,1-3H3,(H,13,14). The summed E-state index contributed by atoms with van der Waals surface area (Å²) in [6.07, 6.45) is 6.16. The van der Waals surface area contributed by atoms with E-state index in [1.54, 1.807) is 0 Å². The molecule has 0 aromatic carbocycles. The summed E-state index contributed by atoms with van der Waals surface area (Å²) in [6.45, 7) is 5.70. The maximum Gasteiger partial charge on any atom is 0.203 e. The molecule has 0 aliphatic rings. The fraction of sp³-hybridized carbons (Fsp3) is 0.750. The minimum atomic E-state index is -2.86. The predicted molar refractivity (Wildman–Crippen MR) is 74.7 cm³/mol. The second-order valence-corrected chi connectivity index (χ2v) is 6.92. The number of nitrogens with zero attached hydrogens (tertiary/aromatic N) is 2. The third kappa shape index (κ3) is 5.53. The molecule has 0 fully saturated rings. The van der Waals surface area contributed by atoms with Gasteiger partial charge in [-0.15, -0.1) is 0 Å². The van der Waals surface area contributed by atoms with Crippen LogP contribution in [0.1, 0.15) is 31.9 Å². The van der Waals surface area contributed by atoms with Crippen LogP contribution in [-0.2, 0) is 16.4 Å². The van der Waals surface area contributed by atoms with E-state index in [1.165, 1.54) is 6.26 Å². The first-order valence-corrected chi connectivity index (χ1v) is 8.44. The molecule has 0 unspecified atom stereocenters. The molecule has 0 radical (unpaired) electrons. The van der Waals surface area contributed by atoms with Gasteiger partial charge in [0.15, 0.2) is 0 Å². The molecular formula is C12H23N3O2S. The highest BCUT2D eigenvalue weighted by Crippen LogP contribution is 2.10. The number of imidazole rings is 1. The topological polar surface area (TPSA) is 64.0 Å². The van der Waals surface area contributed by atoms with Crippen LogP contribution < -0.4 is 5.32 Å². The van der Waals surface area contributed by atoms with Crippen molar-refractivity contribution < 1.29 is 8.42 Å². The third-order valence-electron chi connectivity index (χ3n) is 2.62. The second kappa shape index (κ2) is 6.78. The van der Waals surface area contributed by atoms with Gasteiger partial charge in [-0.25, -0.2) is 13.4 Å². The zero-order valence-corrected chi connectivity index (χ0v) is 12.3. The van der Waals surface area contributed by atoms with E-state index in [-0.39, 0.29) is 5.75 Å². The van der Waals surface area contributed by atoms with Crippen molar-refractivity contribution in [2.45, 2.75) is 39.7 Å². The zero-order chi connectivity index (χ0) is 13.6. The van der Waals surface area contributed by atoms with Crippen LogP contribution in [-0.4, -0.2) is 36.5 Å². The van der Waals surface area contributed by atoms with Crippen molar-refractivity contribution in [1.29, 1.82) is 0 Å². The van der Waals surface area contributed by atoms with Crippen molar-refractivity contribution >= 4 is 15.8 Å². The first-order chi connectivity index (χ1) is 8.42. The Morgan fingerprint density at radius 1 is 1.39 bits per heavy atom. The van der Waals surface area contributed by atoms with E-state index >= 15 is 0 Å². The predicted octanol–water partition coefficient (Wildman–Crippen LogP) is 1.84. The van der Waals surface area contributed by atoms with Gasteiger partial charge in [-0.1, -0.05) is 13.3 Å². The molecule has 5 nitrogen and oxygen atoms in total. The van der Waals surface area contributed by atoms with Gasteiger partial charge in [0.25, 0.3) is 0 Å². The van der Waals surface area contributed by atoms with Crippen molar-refractivity contribution in [3.8, 4) is 0 Å². The van der Waals surface area contributed by atoms with Crippen molar-refractivity contribution in [3.63, 3.8) is 0 Å². The second-order valence-electron chi connectivity index (χ2n) is 4.66. The average molecular weight is 273 g/mol. The van der Waals surface area contributed by atoms with E-state index in [0.29, 0.717) is 13.0 Å². The van der Waals surface area contributed by atoms with E-state index in [0.717, 1.165) is 31.0 Å². The number of aromatic nitrogens is 2. The number of unbranched alkanes of at least 4 members (excludes halogenated alkanes) is 1. The molecule has 0 spiro atoms. The molecule has 0 aliphatic heterocycles. The Balaban J connectivity index is 2.45.